The van der Waals surface area contributed by atoms with Crippen LogP contribution in [0.5, 0.6) is 0 Å². The van der Waals surface area contributed by atoms with Crippen molar-refractivity contribution in [2.24, 2.45) is 5.41 Å². The van der Waals surface area contributed by atoms with Gasteiger partial charge in [-0.3, -0.25) is 4.79 Å². The van der Waals surface area contributed by atoms with Crippen LogP contribution in [0.1, 0.15) is 31.2 Å². The van der Waals surface area contributed by atoms with Crippen molar-refractivity contribution in [3.8, 4) is 0 Å². The van der Waals surface area contributed by atoms with Crippen LogP contribution in [-0.4, -0.2) is 22.9 Å². The Morgan fingerprint density at radius 3 is 2.70 bits per heavy atom. The Hall–Kier alpha value is -1.81. The lowest BCUT2D eigenvalue weighted by atomic mass is 9.95. The van der Waals surface area contributed by atoms with Crippen LogP contribution in [0.25, 0.3) is 0 Å². The second-order valence-corrected chi connectivity index (χ2v) is 7.20. The van der Waals surface area contributed by atoms with E-state index in [9.17, 15) is 4.79 Å². The summed E-state index contributed by atoms with van der Waals surface area (Å²) in [5.74, 6) is 0. The fraction of sp³-hybridized carbons (Fsp3) is 0.444. The molecule has 120 valence electrons. The lowest BCUT2D eigenvalue weighted by molar-refractivity contribution is 0.394. The largest absolute Gasteiger partial charge is 0.368 e. The summed E-state index contributed by atoms with van der Waals surface area (Å²) in [5, 5.41) is 4.66. The molecule has 0 amide bonds. The molecule has 1 saturated heterocycles. The van der Waals surface area contributed by atoms with Crippen LogP contribution >= 0.6 is 11.6 Å². The standard InChI is InChI=1S/C18H20ClN3O/c19-16-15(21-10-4-7-18(13-21)8-9-18)11-20-22(17(16)23)12-14-5-2-1-3-6-14/h1-3,5-6,11H,4,7-10,12-13H2. The predicted molar refractivity (Wildman–Crippen MR) is 92.2 cm³/mol. The molecule has 1 saturated carbocycles. The zero-order chi connectivity index (χ0) is 15.9. The number of hydrogen-bond acceptors (Lipinski definition) is 3. The summed E-state index contributed by atoms with van der Waals surface area (Å²) in [6.45, 7) is 2.42. The molecular formula is C18H20ClN3O. The highest BCUT2D eigenvalue weighted by Gasteiger charge is 2.45. The maximum atomic E-state index is 12.6. The van der Waals surface area contributed by atoms with Crippen molar-refractivity contribution in [2.75, 3.05) is 18.0 Å². The topological polar surface area (TPSA) is 38.1 Å². The van der Waals surface area contributed by atoms with Crippen molar-refractivity contribution in [3.05, 3.63) is 57.5 Å². The SMILES string of the molecule is O=c1c(Cl)c(N2CCCC3(CC3)C2)cnn1Cc1ccccc1. The Morgan fingerprint density at radius 1 is 1.17 bits per heavy atom. The Balaban J connectivity index is 1.60. The number of nitrogens with zero attached hydrogens (tertiary/aromatic N) is 3. The minimum Gasteiger partial charge on any atom is -0.368 e. The third-order valence-electron chi connectivity index (χ3n) is 5.10. The van der Waals surface area contributed by atoms with Crippen molar-refractivity contribution in [1.29, 1.82) is 0 Å². The second-order valence-electron chi connectivity index (χ2n) is 6.82. The predicted octanol–water partition coefficient (Wildman–Crippen LogP) is 3.33. The van der Waals surface area contributed by atoms with Crippen LogP contribution in [0.2, 0.25) is 5.02 Å². The van der Waals surface area contributed by atoms with Crippen LogP contribution in [-0.2, 0) is 6.54 Å². The number of aromatic nitrogens is 2. The van der Waals surface area contributed by atoms with Gasteiger partial charge in [-0.05, 0) is 36.7 Å². The van der Waals surface area contributed by atoms with Crippen LogP contribution in [0.15, 0.2) is 41.3 Å². The normalized spacial score (nSPS) is 19.1. The molecule has 0 bridgehead atoms. The highest BCUT2D eigenvalue weighted by atomic mass is 35.5. The molecule has 5 heteroatoms. The molecule has 2 aliphatic rings. The van der Waals surface area contributed by atoms with E-state index in [1.54, 1.807) is 6.20 Å². The Bertz CT molecular complexity index is 768. The van der Waals surface area contributed by atoms with E-state index in [1.165, 1.54) is 30.4 Å². The molecule has 1 aliphatic heterocycles. The van der Waals surface area contributed by atoms with Crippen molar-refractivity contribution < 1.29 is 0 Å². The number of hydrogen-bond donors (Lipinski definition) is 0. The van der Waals surface area contributed by atoms with Gasteiger partial charge in [-0.1, -0.05) is 41.9 Å². The Morgan fingerprint density at radius 2 is 1.96 bits per heavy atom. The van der Waals surface area contributed by atoms with Gasteiger partial charge in [0.15, 0.2) is 0 Å². The first kappa shape index (κ1) is 14.8. The summed E-state index contributed by atoms with van der Waals surface area (Å²) in [6.07, 6.45) is 6.84. The van der Waals surface area contributed by atoms with E-state index in [0.29, 0.717) is 17.0 Å². The van der Waals surface area contributed by atoms with Gasteiger partial charge in [-0.15, -0.1) is 0 Å². The Labute approximate surface area is 140 Å². The van der Waals surface area contributed by atoms with Gasteiger partial charge in [-0.2, -0.15) is 5.10 Å². The minimum absolute atomic E-state index is 0.205. The van der Waals surface area contributed by atoms with E-state index >= 15 is 0 Å². The Kier molecular flexibility index (Phi) is 3.64. The number of halogens is 1. The van der Waals surface area contributed by atoms with Crippen molar-refractivity contribution in [1.82, 2.24) is 9.78 Å². The lowest BCUT2D eigenvalue weighted by Gasteiger charge is -2.34. The van der Waals surface area contributed by atoms with Gasteiger partial charge in [0, 0.05) is 13.1 Å². The maximum absolute atomic E-state index is 12.6. The molecule has 2 heterocycles. The van der Waals surface area contributed by atoms with E-state index < -0.39 is 0 Å². The van der Waals surface area contributed by atoms with E-state index in [0.717, 1.165) is 24.3 Å². The first-order valence-electron chi connectivity index (χ1n) is 8.21. The molecule has 1 aromatic heterocycles. The third-order valence-corrected chi connectivity index (χ3v) is 5.46. The average molecular weight is 330 g/mol. The molecule has 23 heavy (non-hydrogen) atoms. The number of piperidine rings is 1. The fourth-order valence-corrected chi connectivity index (χ4v) is 3.81. The molecule has 1 spiro atoms. The number of anilines is 1. The number of rotatable bonds is 3. The maximum Gasteiger partial charge on any atom is 0.287 e. The molecule has 1 aliphatic carbocycles. The first-order chi connectivity index (χ1) is 11.2. The summed E-state index contributed by atoms with van der Waals surface area (Å²) in [6, 6.07) is 9.84. The summed E-state index contributed by atoms with van der Waals surface area (Å²) in [7, 11) is 0. The molecule has 0 atom stereocenters. The molecule has 0 N–H and O–H groups in total. The first-order valence-corrected chi connectivity index (χ1v) is 8.59. The van der Waals surface area contributed by atoms with Crippen LogP contribution < -0.4 is 10.5 Å². The van der Waals surface area contributed by atoms with Crippen LogP contribution in [0.3, 0.4) is 0 Å². The quantitative estimate of drug-likeness (QED) is 0.867. The van der Waals surface area contributed by atoms with Crippen molar-refractivity contribution in [3.63, 3.8) is 0 Å². The monoisotopic (exact) mass is 329 g/mol. The van der Waals surface area contributed by atoms with Crippen LogP contribution in [0, 0.1) is 5.41 Å². The average Bonchev–Trinajstić information content (AvgIpc) is 3.31. The summed E-state index contributed by atoms with van der Waals surface area (Å²) in [4.78, 5) is 14.8. The third kappa shape index (κ3) is 2.88. The van der Waals surface area contributed by atoms with E-state index in [1.807, 2.05) is 30.3 Å². The van der Waals surface area contributed by atoms with E-state index in [4.69, 9.17) is 11.6 Å². The molecule has 4 nitrogen and oxygen atoms in total. The van der Waals surface area contributed by atoms with Crippen LogP contribution in [0.4, 0.5) is 5.69 Å². The van der Waals surface area contributed by atoms with Gasteiger partial charge < -0.3 is 4.90 Å². The van der Waals surface area contributed by atoms with Crippen molar-refractivity contribution in [2.45, 2.75) is 32.2 Å². The number of benzene rings is 1. The smallest absolute Gasteiger partial charge is 0.287 e. The minimum atomic E-state index is -0.205. The summed E-state index contributed by atoms with van der Waals surface area (Å²) >= 11 is 6.40. The van der Waals surface area contributed by atoms with E-state index in [-0.39, 0.29) is 5.56 Å². The molecular weight excluding hydrogens is 310 g/mol. The zero-order valence-electron chi connectivity index (χ0n) is 13.0. The zero-order valence-corrected chi connectivity index (χ0v) is 13.8. The molecule has 2 aromatic rings. The highest BCUT2D eigenvalue weighted by Crippen LogP contribution is 2.52. The fourth-order valence-electron chi connectivity index (χ4n) is 3.54. The molecule has 0 unspecified atom stereocenters. The lowest BCUT2D eigenvalue weighted by Crippen LogP contribution is -2.38. The van der Waals surface area contributed by atoms with Crippen molar-refractivity contribution >= 4 is 17.3 Å². The molecule has 4 rings (SSSR count). The van der Waals surface area contributed by atoms with Gasteiger partial charge in [0.25, 0.3) is 5.56 Å². The summed E-state index contributed by atoms with van der Waals surface area (Å²) in [5.41, 5.74) is 2.12. The van der Waals surface area contributed by atoms with E-state index in [2.05, 4.69) is 10.00 Å². The van der Waals surface area contributed by atoms with Gasteiger partial charge in [0.05, 0.1) is 18.4 Å². The summed E-state index contributed by atoms with van der Waals surface area (Å²) < 4.78 is 1.44. The molecule has 0 radical (unpaired) electrons. The van der Waals surface area contributed by atoms with Gasteiger partial charge in [-0.25, -0.2) is 4.68 Å². The second kappa shape index (κ2) is 5.68. The molecule has 2 fully saturated rings. The molecule has 1 aromatic carbocycles. The van der Waals surface area contributed by atoms with Gasteiger partial charge in [0.2, 0.25) is 0 Å². The highest BCUT2D eigenvalue weighted by molar-refractivity contribution is 6.33. The van der Waals surface area contributed by atoms with Gasteiger partial charge in [0.1, 0.15) is 5.02 Å². The van der Waals surface area contributed by atoms with Gasteiger partial charge >= 0.3 is 0 Å².